The van der Waals surface area contributed by atoms with E-state index in [-0.39, 0.29) is 12.3 Å². The first-order chi connectivity index (χ1) is 6.58. The van der Waals surface area contributed by atoms with Crippen molar-refractivity contribution in [2.24, 2.45) is 5.73 Å². The average molecular weight is 194 g/mol. The Labute approximate surface area is 82.8 Å². The second-order valence-corrected chi connectivity index (χ2v) is 2.97. The van der Waals surface area contributed by atoms with Crippen LogP contribution in [0.1, 0.15) is 13.3 Å². The van der Waals surface area contributed by atoms with Crippen LogP contribution >= 0.6 is 0 Å². The summed E-state index contributed by atoms with van der Waals surface area (Å²) in [6, 6.07) is 8.80. The largest absolute Gasteiger partial charge is 0.455 e. The standard InChI is InChI=1S/C10H14N2O2/c1-2-10(13,9(11)12)14-8-6-4-3-5-7-8/h3-7,13H,2H2,1H3,(H3,11,12). The number of rotatable bonds is 4. The molecule has 1 rings (SSSR count). The Morgan fingerprint density at radius 3 is 2.50 bits per heavy atom. The first-order valence-corrected chi connectivity index (χ1v) is 4.39. The first-order valence-electron chi connectivity index (χ1n) is 4.39. The zero-order valence-corrected chi connectivity index (χ0v) is 8.03. The second kappa shape index (κ2) is 4.11. The molecule has 1 aromatic rings. The summed E-state index contributed by atoms with van der Waals surface area (Å²) in [5.74, 6) is -1.59. The molecule has 76 valence electrons. The third-order valence-electron chi connectivity index (χ3n) is 1.93. The van der Waals surface area contributed by atoms with Crippen LogP contribution in [0.5, 0.6) is 5.75 Å². The molecule has 0 aliphatic heterocycles. The Balaban J connectivity index is 2.81. The van der Waals surface area contributed by atoms with Gasteiger partial charge in [0.05, 0.1) is 0 Å². The van der Waals surface area contributed by atoms with Crippen LogP contribution in [-0.4, -0.2) is 16.7 Å². The fraction of sp³-hybridized carbons (Fsp3) is 0.300. The molecule has 4 N–H and O–H groups in total. The fourth-order valence-corrected chi connectivity index (χ4v) is 1.00. The van der Waals surface area contributed by atoms with Crippen LogP contribution in [0.25, 0.3) is 0 Å². The molecular weight excluding hydrogens is 180 g/mol. The number of aliphatic hydroxyl groups is 1. The van der Waals surface area contributed by atoms with Crippen molar-refractivity contribution in [2.75, 3.05) is 0 Å². The van der Waals surface area contributed by atoms with Crippen LogP contribution in [0.2, 0.25) is 0 Å². The van der Waals surface area contributed by atoms with Crippen molar-refractivity contribution in [3.8, 4) is 5.75 Å². The maximum Gasteiger partial charge on any atom is 0.265 e. The number of hydrogen-bond acceptors (Lipinski definition) is 3. The fourth-order valence-electron chi connectivity index (χ4n) is 1.00. The minimum atomic E-state index is -1.69. The number of nitrogens with one attached hydrogen (secondary N) is 1. The van der Waals surface area contributed by atoms with Crippen LogP contribution in [-0.2, 0) is 0 Å². The SMILES string of the molecule is CCC(O)(Oc1ccccc1)C(=N)N. The van der Waals surface area contributed by atoms with Crippen molar-refractivity contribution >= 4 is 5.84 Å². The number of para-hydroxylation sites is 1. The highest BCUT2D eigenvalue weighted by Crippen LogP contribution is 2.18. The molecule has 0 saturated heterocycles. The van der Waals surface area contributed by atoms with Crippen LogP contribution in [0.4, 0.5) is 0 Å². The first kappa shape index (κ1) is 10.5. The van der Waals surface area contributed by atoms with Gasteiger partial charge < -0.3 is 15.6 Å². The molecule has 0 spiro atoms. The van der Waals surface area contributed by atoms with Gasteiger partial charge in [-0.3, -0.25) is 5.41 Å². The molecule has 1 aromatic carbocycles. The van der Waals surface area contributed by atoms with E-state index in [1.165, 1.54) is 0 Å². The highest BCUT2D eigenvalue weighted by atomic mass is 16.6. The normalized spacial score (nSPS) is 14.4. The number of amidine groups is 1. The molecule has 0 heterocycles. The van der Waals surface area contributed by atoms with Crippen molar-refractivity contribution in [2.45, 2.75) is 19.1 Å². The molecule has 0 aromatic heterocycles. The lowest BCUT2D eigenvalue weighted by Gasteiger charge is -2.26. The summed E-state index contributed by atoms with van der Waals surface area (Å²) in [7, 11) is 0. The van der Waals surface area contributed by atoms with E-state index in [1.807, 2.05) is 6.07 Å². The van der Waals surface area contributed by atoms with Gasteiger partial charge in [-0.15, -0.1) is 0 Å². The van der Waals surface area contributed by atoms with Gasteiger partial charge in [0, 0.05) is 6.42 Å². The minimum Gasteiger partial charge on any atom is -0.455 e. The van der Waals surface area contributed by atoms with Crippen molar-refractivity contribution in [3.63, 3.8) is 0 Å². The highest BCUT2D eigenvalue weighted by molar-refractivity contribution is 5.84. The number of ether oxygens (including phenoxy) is 1. The van der Waals surface area contributed by atoms with Crippen LogP contribution in [0.15, 0.2) is 30.3 Å². The van der Waals surface area contributed by atoms with E-state index in [4.69, 9.17) is 15.9 Å². The Morgan fingerprint density at radius 2 is 2.07 bits per heavy atom. The van der Waals surface area contributed by atoms with Gasteiger partial charge in [0.1, 0.15) is 5.75 Å². The molecule has 14 heavy (non-hydrogen) atoms. The lowest BCUT2D eigenvalue weighted by atomic mass is 10.2. The number of hydrogen-bond donors (Lipinski definition) is 3. The molecule has 0 amide bonds. The van der Waals surface area contributed by atoms with Gasteiger partial charge in [-0.25, -0.2) is 0 Å². The average Bonchev–Trinajstić information content (AvgIpc) is 2.19. The summed E-state index contributed by atoms with van der Waals surface area (Å²) in [6.45, 7) is 1.70. The van der Waals surface area contributed by atoms with E-state index in [9.17, 15) is 5.11 Å². The van der Waals surface area contributed by atoms with Crippen molar-refractivity contribution in [1.29, 1.82) is 5.41 Å². The summed E-state index contributed by atoms with van der Waals surface area (Å²) in [4.78, 5) is 0. The van der Waals surface area contributed by atoms with E-state index in [0.717, 1.165) is 0 Å². The van der Waals surface area contributed by atoms with E-state index in [2.05, 4.69) is 0 Å². The second-order valence-electron chi connectivity index (χ2n) is 2.97. The summed E-state index contributed by atoms with van der Waals surface area (Å²) < 4.78 is 5.22. The predicted molar refractivity (Wildman–Crippen MR) is 54.2 cm³/mol. The molecule has 1 atom stereocenters. The minimum absolute atomic E-state index is 0.233. The van der Waals surface area contributed by atoms with E-state index >= 15 is 0 Å². The van der Waals surface area contributed by atoms with Crippen LogP contribution < -0.4 is 10.5 Å². The van der Waals surface area contributed by atoms with Gasteiger partial charge >= 0.3 is 0 Å². The zero-order chi connectivity index (χ0) is 10.6. The van der Waals surface area contributed by atoms with Gasteiger partial charge in [-0.1, -0.05) is 25.1 Å². The zero-order valence-electron chi connectivity index (χ0n) is 8.03. The lowest BCUT2D eigenvalue weighted by Crippen LogP contribution is -2.47. The lowest BCUT2D eigenvalue weighted by molar-refractivity contribution is -0.0792. The molecule has 4 nitrogen and oxygen atoms in total. The van der Waals surface area contributed by atoms with E-state index < -0.39 is 5.79 Å². The molecule has 0 fully saturated rings. The highest BCUT2D eigenvalue weighted by Gasteiger charge is 2.30. The predicted octanol–water partition coefficient (Wildman–Crippen LogP) is 1.10. The molecular formula is C10H14N2O2. The molecule has 0 saturated carbocycles. The summed E-state index contributed by atoms with van der Waals surface area (Å²) in [5.41, 5.74) is 5.24. The van der Waals surface area contributed by atoms with E-state index in [0.29, 0.717) is 5.75 Å². The summed E-state index contributed by atoms with van der Waals surface area (Å²) in [6.07, 6.45) is 0.233. The smallest absolute Gasteiger partial charge is 0.265 e. The Bertz CT molecular complexity index is 313. The molecule has 1 unspecified atom stereocenters. The molecule has 0 bridgehead atoms. The van der Waals surface area contributed by atoms with Gasteiger partial charge in [0.15, 0.2) is 5.84 Å². The van der Waals surface area contributed by atoms with Gasteiger partial charge in [0.25, 0.3) is 5.79 Å². The summed E-state index contributed by atoms with van der Waals surface area (Å²) in [5, 5.41) is 17.0. The Hall–Kier alpha value is -1.55. The monoisotopic (exact) mass is 194 g/mol. The quantitative estimate of drug-likeness (QED) is 0.381. The van der Waals surface area contributed by atoms with Crippen molar-refractivity contribution in [3.05, 3.63) is 30.3 Å². The number of nitrogens with two attached hydrogens (primary N) is 1. The molecule has 0 aliphatic rings. The number of benzene rings is 1. The van der Waals surface area contributed by atoms with Crippen molar-refractivity contribution in [1.82, 2.24) is 0 Å². The van der Waals surface area contributed by atoms with Gasteiger partial charge in [-0.05, 0) is 12.1 Å². The van der Waals surface area contributed by atoms with Gasteiger partial charge in [-0.2, -0.15) is 0 Å². The molecule has 0 aliphatic carbocycles. The van der Waals surface area contributed by atoms with E-state index in [1.54, 1.807) is 31.2 Å². The molecule has 4 heteroatoms. The Morgan fingerprint density at radius 1 is 1.50 bits per heavy atom. The third kappa shape index (κ3) is 2.23. The molecule has 0 radical (unpaired) electrons. The maximum absolute atomic E-state index is 9.78. The van der Waals surface area contributed by atoms with Crippen LogP contribution in [0.3, 0.4) is 0 Å². The van der Waals surface area contributed by atoms with Crippen molar-refractivity contribution < 1.29 is 9.84 Å². The third-order valence-corrected chi connectivity index (χ3v) is 1.93. The van der Waals surface area contributed by atoms with Crippen LogP contribution in [0, 0.1) is 5.41 Å². The summed E-state index contributed by atoms with van der Waals surface area (Å²) >= 11 is 0. The maximum atomic E-state index is 9.78. The topological polar surface area (TPSA) is 79.3 Å². The Kier molecular flexibility index (Phi) is 3.09. The van der Waals surface area contributed by atoms with Gasteiger partial charge in [0.2, 0.25) is 0 Å².